The van der Waals surface area contributed by atoms with Crippen molar-refractivity contribution < 1.29 is 12.8 Å². The lowest BCUT2D eigenvalue weighted by Gasteiger charge is -2.10. The van der Waals surface area contributed by atoms with Crippen LogP contribution in [0.1, 0.15) is 5.56 Å². The number of hydrogen-bond acceptors (Lipinski definition) is 4. The van der Waals surface area contributed by atoms with Gasteiger partial charge in [-0.05, 0) is 42.9 Å². The maximum absolute atomic E-state index is 12.8. The SMILES string of the molecule is CNS(=O)(=O)c1ccc(NCc2ccc(F)cc2)cc1N. The molecule has 0 radical (unpaired) electrons. The van der Waals surface area contributed by atoms with Crippen molar-refractivity contribution in [2.24, 2.45) is 0 Å². The van der Waals surface area contributed by atoms with Crippen LogP contribution < -0.4 is 15.8 Å². The zero-order valence-electron chi connectivity index (χ0n) is 11.4. The monoisotopic (exact) mass is 309 g/mol. The summed E-state index contributed by atoms with van der Waals surface area (Å²) in [4.78, 5) is 0.0392. The van der Waals surface area contributed by atoms with Crippen molar-refractivity contribution in [3.05, 3.63) is 53.8 Å². The maximum atomic E-state index is 12.8. The van der Waals surface area contributed by atoms with Crippen LogP contribution in [0.5, 0.6) is 0 Å². The predicted molar refractivity (Wildman–Crippen MR) is 80.8 cm³/mol. The Balaban J connectivity index is 2.12. The quantitative estimate of drug-likeness (QED) is 0.737. The smallest absolute Gasteiger partial charge is 0.242 e. The van der Waals surface area contributed by atoms with Crippen molar-refractivity contribution in [1.29, 1.82) is 0 Å². The van der Waals surface area contributed by atoms with Crippen LogP contribution in [0, 0.1) is 5.82 Å². The summed E-state index contributed by atoms with van der Waals surface area (Å²) < 4.78 is 38.4. The van der Waals surface area contributed by atoms with Crippen molar-refractivity contribution in [2.75, 3.05) is 18.1 Å². The molecule has 2 rings (SSSR count). The third-order valence-corrected chi connectivity index (χ3v) is 4.47. The largest absolute Gasteiger partial charge is 0.398 e. The summed E-state index contributed by atoms with van der Waals surface area (Å²) in [5, 5.41) is 3.10. The Morgan fingerprint density at radius 1 is 1.14 bits per heavy atom. The molecule has 5 nitrogen and oxygen atoms in total. The van der Waals surface area contributed by atoms with Crippen LogP contribution in [0.2, 0.25) is 0 Å². The minimum Gasteiger partial charge on any atom is -0.398 e. The molecule has 0 amide bonds. The lowest BCUT2D eigenvalue weighted by Crippen LogP contribution is -2.20. The average molecular weight is 309 g/mol. The zero-order chi connectivity index (χ0) is 15.5. The fraction of sp³-hybridized carbons (Fsp3) is 0.143. The second-order valence-corrected chi connectivity index (χ2v) is 6.30. The van der Waals surface area contributed by atoms with E-state index >= 15 is 0 Å². The van der Waals surface area contributed by atoms with Crippen molar-refractivity contribution in [1.82, 2.24) is 4.72 Å². The van der Waals surface area contributed by atoms with E-state index in [0.717, 1.165) is 5.56 Å². The number of rotatable bonds is 5. The van der Waals surface area contributed by atoms with Crippen LogP contribution in [0.15, 0.2) is 47.4 Å². The van der Waals surface area contributed by atoms with E-state index in [2.05, 4.69) is 10.0 Å². The van der Waals surface area contributed by atoms with Gasteiger partial charge in [-0.25, -0.2) is 17.5 Å². The lowest BCUT2D eigenvalue weighted by molar-refractivity contribution is 0.588. The molecule has 112 valence electrons. The van der Waals surface area contributed by atoms with Gasteiger partial charge in [0.2, 0.25) is 10.0 Å². The van der Waals surface area contributed by atoms with Gasteiger partial charge in [-0.1, -0.05) is 12.1 Å². The number of nitrogens with one attached hydrogen (secondary N) is 2. The van der Waals surface area contributed by atoms with Gasteiger partial charge in [0, 0.05) is 12.2 Å². The Hall–Kier alpha value is -2.12. The van der Waals surface area contributed by atoms with Crippen molar-refractivity contribution in [2.45, 2.75) is 11.4 Å². The highest BCUT2D eigenvalue weighted by Gasteiger charge is 2.15. The standard InChI is InChI=1S/C14H16FN3O2S/c1-17-21(19,20)14-7-6-12(8-13(14)16)18-9-10-2-4-11(15)5-3-10/h2-8,17-18H,9,16H2,1H3. The molecule has 2 aromatic rings. The van der Waals surface area contributed by atoms with E-state index in [0.29, 0.717) is 12.2 Å². The van der Waals surface area contributed by atoms with Crippen molar-refractivity contribution in [3.63, 3.8) is 0 Å². The van der Waals surface area contributed by atoms with Crippen LogP contribution in [-0.2, 0) is 16.6 Å². The Kier molecular flexibility index (Phi) is 4.44. The second kappa shape index (κ2) is 6.11. The molecule has 0 heterocycles. The van der Waals surface area contributed by atoms with Gasteiger partial charge in [-0.3, -0.25) is 0 Å². The normalized spacial score (nSPS) is 11.3. The van der Waals surface area contributed by atoms with Crippen LogP contribution >= 0.6 is 0 Å². The second-order valence-electron chi connectivity index (χ2n) is 4.44. The molecule has 0 aliphatic heterocycles. The highest BCUT2D eigenvalue weighted by molar-refractivity contribution is 7.89. The predicted octanol–water partition coefficient (Wildman–Crippen LogP) is 1.93. The first-order valence-corrected chi connectivity index (χ1v) is 7.72. The number of halogens is 1. The van der Waals surface area contributed by atoms with Gasteiger partial charge in [0.05, 0.1) is 5.69 Å². The summed E-state index contributed by atoms with van der Waals surface area (Å²) in [7, 11) is -2.23. The molecule has 0 bridgehead atoms. The lowest BCUT2D eigenvalue weighted by atomic mass is 10.2. The van der Waals surface area contributed by atoms with Gasteiger partial charge in [-0.2, -0.15) is 0 Å². The molecule has 4 N–H and O–H groups in total. The highest BCUT2D eigenvalue weighted by atomic mass is 32.2. The van der Waals surface area contributed by atoms with E-state index in [4.69, 9.17) is 5.73 Å². The Morgan fingerprint density at radius 2 is 1.81 bits per heavy atom. The van der Waals surface area contributed by atoms with E-state index in [9.17, 15) is 12.8 Å². The fourth-order valence-electron chi connectivity index (χ4n) is 1.82. The Labute approximate surface area is 123 Å². The van der Waals surface area contributed by atoms with Gasteiger partial charge in [0.1, 0.15) is 10.7 Å². The van der Waals surface area contributed by atoms with E-state index in [1.54, 1.807) is 24.3 Å². The molecule has 0 saturated carbocycles. The van der Waals surface area contributed by atoms with Crippen LogP contribution in [-0.4, -0.2) is 15.5 Å². The number of benzene rings is 2. The minimum atomic E-state index is -3.56. The molecule has 0 aromatic heterocycles. The molecule has 0 spiro atoms. The van der Waals surface area contributed by atoms with Crippen LogP contribution in [0.25, 0.3) is 0 Å². The molecule has 21 heavy (non-hydrogen) atoms. The topological polar surface area (TPSA) is 84.2 Å². The fourth-order valence-corrected chi connectivity index (χ4v) is 2.66. The van der Waals surface area contributed by atoms with Crippen molar-refractivity contribution >= 4 is 21.4 Å². The third kappa shape index (κ3) is 3.71. The minimum absolute atomic E-state index is 0.0392. The van der Waals surface area contributed by atoms with Crippen LogP contribution in [0.3, 0.4) is 0 Å². The van der Waals surface area contributed by atoms with Crippen molar-refractivity contribution in [3.8, 4) is 0 Å². The first-order valence-electron chi connectivity index (χ1n) is 6.24. The first kappa shape index (κ1) is 15.3. The summed E-state index contributed by atoms with van der Waals surface area (Å²) in [6, 6.07) is 10.7. The Bertz CT molecular complexity index is 730. The molecular weight excluding hydrogens is 293 g/mol. The van der Waals surface area contributed by atoms with E-state index < -0.39 is 10.0 Å². The Morgan fingerprint density at radius 3 is 2.38 bits per heavy atom. The highest BCUT2D eigenvalue weighted by Crippen LogP contribution is 2.22. The molecule has 0 saturated heterocycles. The van der Waals surface area contributed by atoms with Gasteiger partial charge in [0.15, 0.2) is 0 Å². The number of anilines is 2. The summed E-state index contributed by atoms with van der Waals surface area (Å²) in [5.74, 6) is -0.287. The van der Waals surface area contributed by atoms with Crippen LogP contribution in [0.4, 0.5) is 15.8 Å². The number of nitrogen functional groups attached to an aromatic ring is 1. The molecule has 2 aromatic carbocycles. The van der Waals surface area contributed by atoms with Gasteiger partial charge < -0.3 is 11.1 Å². The molecule has 0 aliphatic carbocycles. The summed E-state index contributed by atoms with van der Waals surface area (Å²) >= 11 is 0. The van der Waals surface area contributed by atoms with Gasteiger partial charge >= 0.3 is 0 Å². The van der Waals surface area contributed by atoms with Gasteiger partial charge in [-0.15, -0.1) is 0 Å². The molecule has 7 heteroatoms. The molecule has 0 atom stereocenters. The number of hydrogen-bond donors (Lipinski definition) is 3. The first-order chi connectivity index (χ1) is 9.92. The summed E-state index contributed by atoms with van der Waals surface area (Å²) in [6.45, 7) is 0.484. The average Bonchev–Trinajstić information content (AvgIpc) is 2.46. The molecular formula is C14H16FN3O2S. The van der Waals surface area contributed by atoms with E-state index in [-0.39, 0.29) is 16.4 Å². The third-order valence-electron chi connectivity index (χ3n) is 2.98. The zero-order valence-corrected chi connectivity index (χ0v) is 12.2. The number of sulfonamides is 1. The summed E-state index contributed by atoms with van der Waals surface area (Å²) in [5.41, 5.74) is 7.52. The summed E-state index contributed by atoms with van der Waals surface area (Å²) in [6.07, 6.45) is 0. The molecule has 0 unspecified atom stereocenters. The molecule has 0 aliphatic rings. The number of nitrogens with two attached hydrogens (primary N) is 1. The van der Waals surface area contributed by atoms with E-state index in [1.165, 1.54) is 25.2 Å². The van der Waals surface area contributed by atoms with E-state index in [1.807, 2.05) is 0 Å². The molecule has 0 fully saturated rings. The van der Waals surface area contributed by atoms with Gasteiger partial charge in [0.25, 0.3) is 0 Å². The maximum Gasteiger partial charge on any atom is 0.242 e.